The zero-order valence-electron chi connectivity index (χ0n) is 13.2. The van der Waals surface area contributed by atoms with E-state index in [9.17, 15) is 9.90 Å². The van der Waals surface area contributed by atoms with Crippen LogP contribution < -0.4 is 5.32 Å². The highest BCUT2D eigenvalue weighted by molar-refractivity contribution is 5.67. The maximum Gasteiger partial charge on any atom is 0.409 e. The minimum Gasteiger partial charge on any atom is -0.450 e. The van der Waals surface area contributed by atoms with Crippen LogP contribution in [0.3, 0.4) is 0 Å². The van der Waals surface area contributed by atoms with Gasteiger partial charge in [0, 0.05) is 25.7 Å². The van der Waals surface area contributed by atoms with Crippen LogP contribution in [0.15, 0.2) is 0 Å². The molecule has 1 saturated carbocycles. The van der Waals surface area contributed by atoms with Gasteiger partial charge in [0.15, 0.2) is 0 Å². The maximum atomic E-state index is 11.6. The molecule has 0 radical (unpaired) electrons. The molecule has 0 aromatic heterocycles. The quantitative estimate of drug-likeness (QED) is 0.816. The smallest absolute Gasteiger partial charge is 0.409 e. The number of aliphatic hydroxyl groups excluding tert-OH is 1. The Hall–Kier alpha value is -0.810. The van der Waals surface area contributed by atoms with Crippen molar-refractivity contribution < 1.29 is 14.6 Å². The number of carbonyl (C=O) groups excluding carboxylic acids is 1. The van der Waals surface area contributed by atoms with Gasteiger partial charge in [0.2, 0.25) is 0 Å². The Morgan fingerprint density at radius 3 is 2.52 bits per heavy atom. The largest absolute Gasteiger partial charge is 0.450 e. The molecule has 0 bridgehead atoms. The molecule has 1 heterocycles. The second-order valence-electron chi connectivity index (χ2n) is 6.33. The number of nitrogens with zero attached hydrogens (tertiary/aromatic N) is 1. The van der Waals surface area contributed by atoms with Crippen LogP contribution in [0.2, 0.25) is 0 Å². The Bertz CT molecular complexity index is 311. The summed E-state index contributed by atoms with van der Waals surface area (Å²) in [7, 11) is 0. The number of piperidine rings is 1. The zero-order chi connectivity index (χ0) is 15.1. The number of ether oxygens (including phenoxy) is 1. The van der Waals surface area contributed by atoms with Crippen LogP contribution >= 0.6 is 0 Å². The number of amides is 1. The monoisotopic (exact) mass is 298 g/mol. The van der Waals surface area contributed by atoms with E-state index in [0.29, 0.717) is 25.1 Å². The summed E-state index contributed by atoms with van der Waals surface area (Å²) in [6.45, 7) is 4.45. The lowest BCUT2D eigenvalue weighted by Gasteiger charge is -2.33. The summed E-state index contributed by atoms with van der Waals surface area (Å²) in [4.78, 5) is 13.4. The first-order valence-electron chi connectivity index (χ1n) is 8.54. The van der Waals surface area contributed by atoms with Gasteiger partial charge < -0.3 is 20.1 Å². The van der Waals surface area contributed by atoms with Crippen molar-refractivity contribution in [2.24, 2.45) is 5.92 Å². The topological polar surface area (TPSA) is 61.8 Å². The van der Waals surface area contributed by atoms with E-state index in [1.807, 2.05) is 6.92 Å². The second-order valence-corrected chi connectivity index (χ2v) is 6.33. The lowest BCUT2D eigenvalue weighted by atomic mass is 9.85. The molecule has 122 valence electrons. The Morgan fingerprint density at radius 1 is 1.24 bits per heavy atom. The van der Waals surface area contributed by atoms with Gasteiger partial charge in [-0.2, -0.15) is 0 Å². The molecule has 5 nitrogen and oxygen atoms in total. The summed E-state index contributed by atoms with van der Waals surface area (Å²) in [6, 6.07) is 0.411. The Balaban J connectivity index is 1.63. The highest BCUT2D eigenvalue weighted by Gasteiger charge is 2.25. The predicted molar refractivity (Wildman–Crippen MR) is 82.2 cm³/mol. The number of hydrogen-bond donors (Lipinski definition) is 2. The summed E-state index contributed by atoms with van der Waals surface area (Å²) in [5.74, 6) is 0.478. The molecule has 1 saturated heterocycles. The molecule has 1 atom stereocenters. The molecule has 1 unspecified atom stereocenters. The van der Waals surface area contributed by atoms with E-state index in [-0.39, 0.29) is 12.2 Å². The van der Waals surface area contributed by atoms with Gasteiger partial charge in [0.1, 0.15) is 0 Å². The van der Waals surface area contributed by atoms with Gasteiger partial charge in [-0.25, -0.2) is 4.79 Å². The molecule has 0 aromatic rings. The third-order valence-electron chi connectivity index (χ3n) is 4.83. The minimum absolute atomic E-state index is 0.196. The first-order valence-corrected chi connectivity index (χ1v) is 8.54. The number of nitrogens with one attached hydrogen (secondary N) is 1. The lowest BCUT2D eigenvalue weighted by molar-refractivity contribution is 0.0733. The molecule has 5 heteroatoms. The van der Waals surface area contributed by atoms with Crippen LogP contribution in [0.25, 0.3) is 0 Å². The highest BCUT2D eigenvalue weighted by Crippen LogP contribution is 2.26. The molecule has 2 fully saturated rings. The van der Waals surface area contributed by atoms with E-state index in [0.717, 1.165) is 25.9 Å². The third-order valence-corrected chi connectivity index (χ3v) is 4.83. The maximum absolute atomic E-state index is 11.6. The number of hydrogen-bond acceptors (Lipinski definition) is 4. The molecule has 1 amide bonds. The van der Waals surface area contributed by atoms with Gasteiger partial charge in [-0.3, -0.25) is 0 Å². The van der Waals surface area contributed by atoms with E-state index in [1.165, 1.54) is 32.1 Å². The number of carbonyl (C=O) groups is 1. The van der Waals surface area contributed by atoms with Gasteiger partial charge in [0.05, 0.1) is 12.7 Å². The summed E-state index contributed by atoms with van der Waals surface area (Å²) in [5.41, 5.74) is 0. The SMILES string of the molecule is CCOC(=O)N1CCC(NCC(O)C2CCCCC2)CC1. The normalized spacial score (nSPS) is 23.0. The first kappa shape index (κ1) is 16.6. The molecule has 2 N–H and O–H groups in total. The van der Waals surface area contributed by atoms with Gasteiger partial charge in [0.25, 0.3) is 0 Å². The standard InChI is InChI=1S/C16H30N2O3/c1-2-21-16(20)18-10-8-14(9-11-18)17-12-15(19)13-6-4-3-5-7-13/h13-15,17,19H,2-12H2,1H3. The molecule has 1 aliphatic heterocycles. The van der Waals surface area contributed by atoms with Crippen molar-refractivity contribution in [3.8, 4) is 0 Å². The molecule has 1 aliphatic carbocycles. The molecule has 0 aromatic carbocycles. The molecule has 0 spiro atoms. The van der Waals surface area contributed by atoms with Crippen LogP contribution in [0.4, 0.5) is 4.79 Å². The first-order chi connectivity index (χ1) is 10.2. The van der Waals surface area contributed by atoms with Crippen LogP contribution in [0.5, 0.6) is 0 Å². The summed E-state index contributed by atoms with van der Waals surface area (Å²) in [6.07, 6.45) is 7.66. The number of aliphatic hydroxyl groups is 1. The molecule has 2 aliphatic rings. The second kappa shape index (κ2) is 8.59. The fourth-order valence-electron chi connectivity index (χ4n) is 3.45. The molecule has 2 rings (SSSR count). The lowest BCUT2D eigenvalue weighted by Crippen LogP contribution is -2.47. The van der Waals surface area contributed by atoms with Crippen LogP contribution in [0.1, 0.15) is 51.9 Å². The number of rotatable bonds is 5. The van der Waals surface area contributed by atoms with Gasteiger partial charge in [-0.1, -0.05) is 19.3 Å². The van der Waals surface area contributed by atoms with Gasteiger partial charge in [-0.15, -0.1) is 0 Å². The summed E-state index contributed by atoms with van der Waals surface area (Å²) in [5, 5.41) is 13.7. The zero-order valence-corrected chi connectivity index (χ0v) is 13.2. The molecule has 21 heavy (non-hydrogen) atoms. The van der Waals surface area contributed by atoms with Crippen LogP contribution in [-0.4, -0.2) is 54.5 Å². The van der Waals surface area contributed by atoms with E-state index in [1.54, 1.807) is 4.90 Å². The Kier molecular flexibility index (Phi) is 6.77. The fraction of sp³-hybridized carbons (Fsp3) is 0.938. The van der Waals surface area contributed by atoms with Crippen LogP contribution in [-0.2, 0) is 4.74 Å². The van der Waals surface area contributed by atoms with E-state index >= 15 is 0 Å². The van der Waals surface area contributed by atoms with Crippen molar-refractivity contribution >= 4 is 6.09 Å². The average Bonchev–Trinajstić information content (AvgIpc) is 2.54. The van der Waals surface area contributed by atoms with Crippen molar-refractivity contribution in [3.63, 3.8) is 0 Å². The van der Waals surface area contributed by atoms with E-state index in [4.69, 9.17) is 4.74 Å². The Morgan fingerprint density at radius 2 is 1.90 bits per heavy atom. The highest BCUT2D eigenvalue weighted by atomic mass is 16.6. The summed E-state index contributed by atoms with van der Waals surface area (Å²) < 4.78 is 5.02. The van der Waals surface area contributed by atoms with Crippen LogP contribution in [0, 0.1) is 5.92 Å². The van der Waals surface area contributed by atoms with E-state index < -0.39 is 0 Å². The summed E-state index contributed by atoms with van der Waals surface area (Å²) >= 11 is 0. The van der Waals surface area contributed by atoms with E-state index in [2.05, 4.69) is 5.32 Å². The van der Waals surface area contributed by atoms with Crippen molar-refractivity contribution in [2.45, 2.75) is 64.0 Å². The minimum atomic E-state index is -0.214. The third kappa shape index (κ3) is 5.15. The van der Waals surface area contributed by atoms with Crippen molar-refractivity contribution in [3.05, 3.63) is 0 Å². The molecular weight excluding hydrogens is 268 g/mol. The predicted octanol–water partition coefficient (Wildman–Crippen LogP) is 2.14. The van der Waals surface area contributed by atoms with Gasteiger partial charge >= 0.3 is 6.09 Å². The Labute approximate surface area is 128 Å². The fourth-order valence-corrected chi connectivity index (χ4v) is 3.45. The van der Waals surface area contributed by atoms with Crippen molar-refractivity contribution in [1.82, 2.24) is 10.2 Å². The van der Waals surface area contributed by atoms with Crippen molar-refractivity contribution in [1.29, 1.82) is 0 Å². The number of likely N-dealkylation sites (tertiary alicyclic amines) is 1. The van der Waals surface area contributed by atoms with Gasteiger partial charge in [-0.05, 0) is 38.5 Å². The average molecular weight is 298 g/mol. The van der Waals surface area contributed by atoms with Crippen molar-refractivity contribution in [2.75, 3.05) is 26.2 Å². The molecular formula is C16H30N2O3.